The number of imidazole rings is 1. The van der Waals surface area contributed by atoms with E-state index in [-0.39, 0.29) is 6.10 Å². The largest absolute Gasteiger partial charge is 0.393 e. The average molecular weight is 208 g/mol. The highest BCUT2D eigenvalue weighted by Crippen LogP contribution is 2.33. The summed E-state index contributed by atoms with van der Waals surface area (Å²) in [6, 6.07) is 0. The Bertz CT molecular complexity index is 304. The van der Waals surface area contributed by atoms with Gasteiger partial charge in [0.25, 0.3) is 0 Å². The van der Waals surface area contributed by atoms with E-state index in [1.54, 1.807) is 0 Å². The third-order valence-electron chi connectivity index (χ3n) is 2.99. The van der Waals surface area contributed by atoms with E-state index in [0.29, 0.717) is 6.42 Å². The van der Waals surface area contributed by atoms with Crippen LogP contribution >= 0.6 is 0 Å². The van der Waals surface area contributed by atoms with Gasteiger partial charge in [-0.2, -0.15) is 0 Å². The highest BCUT2D eigenvalue weighted by molar-refractivity contribution is 4.95. The number of nitrogens with zero attached hydrogens (tertiary/aromatic N) is 2. The van der Waals surface area contributed by atoms with Crippen LogP contribution in [0, 0.1) is 5.92 Å². The summed E-state index contributed by atoms with van der Waals surface area (Å²) >= 11 is 0. The Kier molecular flexibility index (Phi) is 3.41. The SMILES string of the molecule is CCCn1ccnc1CC(O)CC1CC1. The minimum absolute atomic E-state index is 0.199. The summed E-state index contributed by atoms with van der Waals surface area (Å²) in [6.45, 7) is 3.16. The maximum absolute atomic E-state index is 9.87. The monoisotopic (exact) mass is 208 g/mol. The summed E-state index contributed by atoms with van der Waals surface area (Å²) in [5.74, 6) is 1.82. The van der Waals surface area contributed by atoms with Gasteiger partial charge in [-0.1, -0.05) is 19.8 Å². The molecule has 0 spiro atoms. The lowest BCUT2D eigenvalue weighted by atomic mass is 10.1. The second-order valence-electron chi connectivity index (χ2n) is 4.57. The molecule has 0 aliphatic heterocycles. The third kappa shape index (κ3) is 3.06. The Labute approximate surface area is 91.1 Å². The zero-order valence-electron chi connectivity index (χ0n) is 9.39. The first-order valence-electron chi connectivity index (χ1n) is 5.97. The van der Waals surface area contributed by atoms with Crippen molar-refractivity contribution in [2.24, 2.45) is 5.92 Å². The minimum atomic E-state index is -0.199. The molecule has 0 aromatic carbocycles. The predicted molar refractivity (Wildman–Crippen MR) is 59.6 cm³/mol. The van der Waals surface area contributed by atoms with Gasteiger partial charge in [-0.15, -0.1) is 0 Å². The molecule has 0 radical (unpaired) electrons. The van der Waals surface area contributed by atoms with Gasteiger partial charge in [0.15, 0.2) is 0 Å². The van der Waals surface area contributed by atoms with Gasteiger partial charge >= 0.3 is 0 Å². The Morgan fingerprint density at radius 1 is 1.60 bits per heavy atom. The lowest BCUT2D eigenvalue weighted by molar-refractivity contribution is 0.154. The summed E-state index contributed by atoms with van der Waals surface area (Å²) in [5.41, 5.74) is 0. The molecule has 1 atom stereocenters. The normalized spacial score (nSPS) is 18.0. The van der Waals surface area contributed by atoms with Gasteiger partial charge in [-0.25, -0.2) is 4.98 Å². The fourth-order valence-electron chi connectivity index (χ4n) is 2.01. The average Bonchev–Trinajstić information content (AvgIpc) is 2.90. The molecule has 1 saturated carbocycles. The number of aliphatic hydroxyl groups excluding tert-OH is 1. The Balaban J connectivity index is 1.87. The van der Waals surface area contributed by atoms with Crippen molar-refractivity contribution in [3.63, 3.8) is 0 Å². The molecule has 2 rings (SSSR count). The highest BCUT2D eigenvalue weighted by atomic mass is 16.3. The standard InChI is InChI=1S/C12H20N2O/c1-2-6-14-7-5-13-12(14)9-11(15)8-10-3-4-10/h5,7,10-11,15H,2-4,6,8-9H2,1H3. The molecule has 1 aromatic rings. The molecule has 3 nitrogen and oxygen atoms in total. The number of hydrogen-bond donors (Lipinski definition) is 1. The summed E-state index contributed by atoms with van der Waals surface area (Å²) in [5, 5.41) is 9.87. The van der Waals surface area contributed by atoms with Crippen LogP contribution in [0.15, 0.2) is 12.4 Å². The van der Waals surface area contributed by atoms with Crippen LogP contribution in [0.4, 0.5) is 0 Å². The molecule has 1 N–H and O–H groups in total. The molecule has 1 aliphatic carbocycles. The summed E-state index contributed by atoms with van der Waals surface area (Å²) < 4.78 is 2.15. The van der Waals surface area contributed by atoms with E-state index < -0.39 is 0 Å². The number of aliphatic hydroxyl groups is 1. The molecular weight excluding hydrogens is 188 g/mol. The second-order valence-corrected chi connectivity index (χ2v) is 4.57. The van der Waals surface area contributed by atoms with E-state index in [9.17, 15) is 5.11 Å². The van der Waals surface area contributed by atoms with Crippen LogP contribution in [0.2, 0.25) is 0 Å². The molecule has 1 heterocycles. The van der Waals surface area contributed by atoms with Crippen molar-refractivity contribution in [1.29, 1.82) is 0 Å². The van der Waals surface area contributed by atoms with E-state index in [1.807, 2.05) is 12.4 Å². The van der Waals surface area contributed by atoms with Crippen molar-refractivity contribution in [2.45, 2.75) is 51.7 Å². The Morgan fingerprint density at radius 2 is 2.40 bits per heavy atom. The first-order valence-corrected chi connectivity index (χ1v) is 5.97. The first-order chi connectivity index (χ1) is 7.29. The number of aryl methyl sites for hydroxylation is 1. The zero-order chi connectivity index (χ0) is 10.7. The van der Waals surface area contributed by atoms with Crippen molar-refractivity contribution in [3.8, 4) is 0 Å². The predicted octanol–water partition coefficient (Wildman–Crippen LogP) is 2.00. The highest BCUT2D eigenvalue weighted by Gasteiger charge is 2.25. The summed E-state index contributed by atoms with van der Waals surface area (Å²) in [6.07, 6.45) is 9.03. The maximum atomic E-state index is 9.87. The Morgan fingerprint density at radius 3 is 3.07 bits per heavy atom. The molecule has 0 bridgehead atoms. The molecule has 1 aliphatic rings. The quantitative estimate of drug-likeness (QED) is 0.776. The van der Waals surface area contributed by atoms with Gasteiger partial charge in [-0.05, 0) is 18.8 Å². The van der Waals surface area contributed by atoms with Crippen LogP contribution in [-0.4, -0.2) is 20.8 Å². The van der Waals surface area contributed by atoms with Crippen molar-refractivity contribution in [2.75, 3.05) is 0 Å². The number of aromatic nitrogens is 2. The topological polar surface area (TPSA) is 38.0 Å². The van der Waals surface area contributed by atoms with Crippen LogP contribution in [0.5, 0.6) is 0 Å². The molecule has 15 heavy (non-hydrogen) atoms. The van der Waals surface area contributed by atoms with Gasteiger partial charge in [0.1, 0.15) is 5.82 Å². The van der Waals surface area contributed by atoms with Crippen molar-refractivity contribution in [1.82, 2.24) is 9.55 Å². The van der Waals surface area contributed by atoms with Gasteiger partial charge in [0.05, 0.1) is 6.10 Å². The lowest BCUT2D eigenvalue weighted by Gasteiger charge is -2.11. The van der Waals surface area contributed by atoms with Crippen LogP contribution in [-0.2, 0) is 13.0 Å². The van der Waals surface area contributed by atoms with E-state index in [0.717, 1.165) is 31.1 Å². The number of rotatable bonds is 6. The summed E-state index contributed by atoms with van der Waals surface area (Å²) in [4.78, 5) is 4.31. The van der Waals surface area contributed by atoms with Gasteiger partial charge in [0, 0.05) is 25.4 Å². The molecular formula is C12H20N2O. The second kappa shape index (κ2) is 4.79. The fourth-order valence-corrected chi connectivity index (χ4v) is 2.01. The zero-order valence-corrected chi connectivity index (χ0v) is 9.39. The van der Waals surface area contributed by atoms with Gasteiger partial charge in [0.2, 0.25) is 0 Å². The maximum Gasteiger partial charge on any atom is 0.111 e. The summed E-state index contributed by atoms with van der Waals surface area (Å²) in [7, 11) is 0. The molecule has 84 valence electrons. The van der Waals surface area contributed by atoms with E-state index in [2.05, 4.69) is 16.5 Å². The molecule has 1 unspecified atom stereocenters. The number of hydrogen-bond acceptors (Lipinski definition) is 2. The molecule has 0 saturated heterocycles. The molecule has 3 heteroatoms. The van der Waals surface area contributed by atoms with Crippen molar-refractivity contribution >= 4 is 0 Å². The molecule has 0 amide bonds. The third-order valence-corrected chi connectivity index (χ3v) is 2.99. The van der Waals surface area contributed by atoms with E-state index >= 15 is 0 Å². The Hall–Kier alpha value is -0.830. The molecule has 1 aromatic heterocycles. The fraction of sp³-hybridized carbons (Fsp3) is 0.750. The lowest BCUT2D eigenvalue weighted by Crippen LogP contribution is -2.15. The van der Waals surface area contributed by atoms with Crippen LogP contribution in [0.3, 0.4) is 0 Å². The minimum Gasteiger partial charge on any atom is -0.393 e. The van der Waals surface area contributed by atoms with Crippen molar-refractivity contribution < 1.29 is 5.11 Å². The van der Waals surface area contributed by atoms with E-state index in [4.69, 9.17) is 0 Å². The van der Waals surface area contributed by atoms with Crippen LogP contribution in [0.25, 0.3) is 0 Å². The first kappa shape index (κ1) is 10.7. The van der Waals surface area contributed by atoms with E-state index in [1.165, 1.54) is 12.8 Å². The molecule has 1 fully saturated rings. The van der Waals surface area contributed by atoms with Crippen LogP contribution in [0.1, 0.15) is 38.4 Å². The van der Waals surface area contributed by atoms with Gasteiger partial charge in [-0.3, -0.25) is 0 Å². The van der Waals surface area contributed by atoms with Gasteiger partial charge < -0.3 is 9.67 Å². The smallest absolute Gasteiger partial charge is 0.111 e. The van der Waals surface area contributed by atoms with Crippen molar-refractivity contribution in [3.05, 3.63) is 18.2 Å². The van der Waals surface area contributed by atoms with Crippen LogP contribution < -0.4 is 0 Å².